The summed E-state index contributed by atoms with van der Waals surface area (Å²) < 4.78 is 0. The monoisotopic (exact) mass is 580 g/mol. The first-order valence-corrected chi connectivity index (χ1v) is 19.7. The first-order valence-electron chi connectivity index (χ1n) is 19.7. The van der Waals surface area contributed by atoms with Crippen LogP contribution in [0.2, 0.25) is 0 Å². The Labute approximate surface area is 261 Å². The minimum Gasteiger partial charge on any atom is -0.396 e. The second-order valence-corrected chi connectivity index (χ2v) is 13.5. The number of aliphatic hydroxyl groups excluding tert-OH is 1. The standard InChI is InChI=1S/C39H81NO/c1-2-3-4-5-6-7-8-9-10-16-19-22-25-28-31-34-37-40-38-35-32-29-26-23-20-17-14-12-11-13-15-18-21-24-27-30-33-36-39-41/h40-41H,2-39H2,1H3. The molecule has 0 aromatic carbocycles. The molecule has 2 N–H and O–H groups in total. The van der Waals surface area contributed by atoms with Crippen molar-refractivity contribution in [3.05, 3.63) is 0 Å². The molecule has 2 heteroatoms. The second-order valence-electron chi connectivity index (χ2n) is 13.5. The van der Waals surface area contributed by atoms with Crippen molar-refractivity contribution in [2.75, 3.05) is 19.7 Å². The third-order valence-electron chi connectivity index (χ3n) is 9.22. The Balaban J connectivity index is 3.02. The second kappa shape index (κ2) is 39.9. The lowest BCUT2D eigenvalue weighted by atomic mass is 10.0. The van der Waals surface area contributed by atoms with Crippen LogP contribution in [0, 0.1) is 0 Å². The molecule has 0 bridgehead atoms. The third kappa shape index (κ3) is 39.9. The first kappa shape index (κ1) is 40.9. The summed E-state index contributed by atoms with van der Waals surface area (Å²) in [7, 11) is 0. The summed E-state index contributed by atoms with van der Waals surface area (Å²) in [5, 5.41) is 12.5. The molecule has 0 heterocycles. The van der Waals surface area contributed by atoms with Crippen LogP contribution in [0.15, 0.2) is 0 Å². The summed E-state index contributed by atoms with van der Waals surface area (Å²) in [6, 6.07) is 0. The number of nitrogens with one attached hydrogen (secondary N) is 1. The highest BCUT2D eigenvalue weighted by atomic mass is 16.2. The van der Waals surface area contributed by atoms with Gasteiger partial charge in [0.15, 0.2) is 0 Å². The molecule has 0 rings (SSSR count). The summed E-state index contributed by atoms with van der Waals surface area (Å²) >= 11 is 0. The van der Waals surface area contributed by atoms with Crippen LogP contribution in [0.3, 0.4) is 0 Å². The van der Waals surface area contributed by atoms with Crippen LogP contribution in [0.5, 0.6) is 0 Å². The van der Waals surface area contributed by atoms with Gasteiger partial charge < -0.3 is 10.4 Å². The Morgan fingerprint density at radius 2 is 0.463 bits per heavy atom. The molecule has 41 heavy (non-hydrogen) atoms. The maximum absolute atomic E-state index is 8.79. The van der Waals surface area contributed by atoms with Gasteiger partial charge in [-0.2, -0.15) is 0 Å². The van der Waals surface area contributed by atoms with Crippen LogP contribution in [-0.2, 0) is 0 Å². The summed E-state index contributed by atoms with van der Waals surface area (Å²) in [5.74, 6) is 0. The number of hydrogen-bond acceptors (Lipinski definition) is 2. The fourth-order valence-electron chi connectivity index (χ4n) is 6.29. The van der Waals surface area contributed by atoms with Crippen molar-refractivity contribution in [3.8, 4) is 0 Å². The Morgan fingerprint density at radius 1 is 0.268 bits per heavy atom. The van der Waals surface area contributed by atoms with E-state index in [0.717, 1.165) is 6.42 Å². The van der Waals surface area contributed by atoms with Crippen molar-refractivity contribution < 1.29 is 5.11 Å². The van der Waals surface area contributed by atoms with E-state index in [9.17, 15) is 0 Å². The SMILES string of the molecule is CCCCCCCCCCCCCCCCCCNCCCCCCCCCCCCCCCCCCCCCO. The Hall–Kier alpha value is -0.0800. The zero-order chi connectivity index (χ0) is 29.6. The predicted octanol–water partition coefficient (Wildman–Crippen LogP) is 13.2. The number of aliphatic hydroxyl groups is 1. The van der Waals surface area contributed by atoms with Crippen molar-refractivity contribution in [2.24, 2.45) is 0 Å². The summed E-state index contributed by atoms with van der Waals surface area (Å²) in [5.41, 5.74) is 0. The van der Waals surface area contributed by atoms with Gasteiger partial charge in [-0.3, -0.25) is 0 Å². The van der Waals surface area contributed by atoms with E-state index in [1.54, 1.807) is 0 Å². The molecule has 248 valence electrons. The smallest absolute Gasteiger partial charge is 0.0431 e. The normalized spacial score (nSPS) is 11.6. The van der Waals surface area contributed by atoms with E-state index >= 15 is 0 Å². The molecule has 0 saturated carbocycles. The van der Waals surface area contributed by atoms with Gasteiger partial charge in [-0.05, 0) is 32.4 Å². The number of unbranched alkanes of at least 4 members (excludes halogenated alkanes) is 33. The van der Waals surface area contributed by atoms with Crippen molar-refractivity contribution in [1.82, 2.24) is 5.32 Å². The predicted molar refractivity (Wildman–Crippen MR) is 187 cm³/mol. The van der Waals surface area contributed by atoms with E-state index in [1.807, 2.05) is 0 Å². The lowest BCUT2D eigenvalue weighted by Crippen LogP contribution is -2.16. The van der Waals surface area contributed by atoms with Crippen LogP contribution < -0.4 is 5.32 Å². The average Bonchev–Trinajstić information content (AvgIpc) is 2.98. The summed E-state index contributed by atoms with van der Waals surface area (Å²) in [6.45, 7) is 5.16. The van der Waals surface area contributed by atoms with E-state index in [1.165, 1.54) is 231 Å². The minimum atomic E-state index is 0.373. The zero-order valence-corrected chi connectivity index (χ0v) is 28.8. The van der Waals surface area contributed by atoms with Gasteiger partial charge in [0.1, 0.15) is 0 Å². The lowest BCUT2D eigenvalue weighted by molar-refractivity contribution is 0.282. The van der Waals surface area contributed by atoms with Crippen LogP contribution in [0.1, 0.15) is 232 Å². The number of hydrogen-bond donors (Lipinski definition) is 2. The molecule has 0 aliphatic rings. The van der Waals surface area contributed by atoms with Gasteiger partial charge >= 0.3 is 0 Å². The highest BCUT2D eigenvalue weighted by molar-refractivity contribution is 4.54. The van der Waals surface area contributed by atoms with E-state index in [4.69, 9.17) is 5.11 Å². The van der Waals surface area contributed by atoms with E-state index < -0.39 is 0 Å². The fourth-order valence-corrected chi connectivity index (χ4v) is 6.29. The molecule has 0 spiro atoms. The van der Waals surface area contributed by atoms with Gasteiger partial charge in [0, 0.05) is 6.61 Å². The topological polar surface area (TPSA) is 32.3 Å². The largest absolute Gasteiger partial charge is 0.396 e. The van der Waals surface area contributed by atoms with Gasteiger partial charge in [0.2, 0.25) is 0 Å². The van der Waals surface area contributed by atoms with Gasteiger partial charge in [-0.25, -0.2) is 0 Å². The molecule has 0 aliphatic heterocycles. The molecule has 0 atom stereocenters. The molecule has 0 radical (unpaired) electrons. The molecule has 0 amide bonds. The van der Waals surface area contributed by atoms with Crippen LogP contribution in [0.25, 0.3) is 0 Å². The summed E-state index contributed by atoms with van der Waals surface area (Å²) in [4.78, 5) is 0. The van der Waals surface area contributed by atoms with Crippen LogP contribution in [-0.4, -0.2) is 24.8 Å². The lowest BCUT2D eigenvalue weighted by Gasteiger charge is -2.06. The number of rotatable bonds is 38. The van der Waals surface area contributed by atoms with Crippen molar-refractivity contribution in [3.63, 3.8) is 0 Å². The van der Waals surface area contributed by atoms with Crippen molar-refractivity contribution in [2.45, 2.75) is 232 Å². The quantitative estimate of drug-likeness (QED) is 0.0713. The highest BCUT2D eigenvalue weighted by Gasteiger charge is 1.97. The van der Waals surface area contributed by atoms with Gasteiger partial charge in [-0.1, -0.05) is 212 Å². The van der Waals surface area contributed by atoms with Crippen molar-refractivity contribution in [1.29, 1.82) is 0 Å². The molecule has 0 saturated heterocycles. The van der Waals surface area contributed by atoms with E-state index in [0.29, 0.717) is 6.61 Å². The average molecular weight is 580 g/mol. The minimum absolute atomic E-state index is 0.373. The molecular formula is C39H81NO. The molecule has 0 aromatic rings. The maximum Gasteiger partial charge on any atom is 0.0431 e. The van der Waals surface area contributed by atoms with E-state index in [2.05, 4.69) is 12.2 Å². The van der Waals surface area contributed by atoms with Crippen LogP contribution >= 0.6 is 0 Å². The Morgan fingerprint density at radius 3 is 0.683 bits per heavy atom. The zero-order valence-electron chi connectivity index (χ0n) is 28.8. The molecule has 0 aromatic heterocycles. The maximum atomic E-state index is 8.79. The highest BCUT2D eigenvalue weighted by Crippen LogP contribution is 2.15. The Bertz CT molecular complexity index is 388. The first-order chi connectivity index (χ1) is 20.4. The molecule has 2 nitrogen and oxygen atoms in total. The van der Waals surface area contributed by atoms with Gasteiger partial charge in [0.25, 0.3) is 0 Å². The van der Waals surface area contributed by atoms with E-state index in [-0.39, 0.29) is 0 Å². The van der Waals surface area contributed by atoms with Crippen LogP contribution in [0.4, 0.5) is 0 Å². The van der Waals surface area contributed by atoms with Gasteiger partial charge in [0.05, 0.1) is 0 Å². The fraction of sp³-hybridized carbons (Fsp3) is 1.00. The molecular weight excluding hydrogens is 498 g/mol. The molecule has 0 unspecified atom stereocenters. The Kier molecular flexibility index (Phi) is 39.8. The van der Waals surface area contributed by atoms with Crippen molar-refractivity contribution >= 4 is 0 Å². The third-order valence-corrected chi connectivity index (χ3v) is 9.22. The molecule has 0 fully saturated rings. The molecule has 0 aliphatic carbocycles. The van der Waals surface area contributed by atoms with Gasteiger partial charge in [-0.15, -0.1) is 0 Å². The summed E-state index contributed by atoms with van der Waals surface area (Å²) in [6.07, 6.45) is 49.9.